The van der Waals surface area contributed by atoms with Crippen LogP contribution in [0, 0.1) is 0 Å². The van der Waals surface area contributed by atoms with Gasteiger partial charge in [-0.3, -0.25) is 4.90 Å². The second kappa shape index (κ2) is 3.26. The Hall–Kier alpha value is -1.22. The number of urea groups is 1. The Morgan fingerprint density at radius 2 is 2.23 bits per heavy atom. The molecule has 1 aromatic carbocycles. The van der Waals surface area contributed by atoms with Crippen LogP contribution in [-0.4, -0.2) is 12.0 Å². The Balaban J connectivity index is 2.45. The number of amides is 2. The molecule has 1 aromatic rings. The van der Waals surface area contributed by atoms with E-state index >= 15 is 0 Å². The predicted molar refractivity (Wildman–Crippen MR) is 51.9 cm³/mol. The predicted octanol–water partition coefficient (Wildman–Crippen LogP) is 1.91. The van der Waals surface area contributed by atoms with Gasteiger partial charge < -0.3 is 5.32 Å². The van der Waals surface area contributed by atoms with Crippen molar-refractivity contribution in [2.45, 2.75) is 6.54 Å². The van der Waals surface area contributed by atoms with E-state index in [9.17, 15) is 4.79 Å². The van der Waals surface area contributed by atoms with Crippen molar-refractivity contribution >= 4 is 23.3 Å². The van der Waals surface area contributed by atoms with Crippen LogP contribution in [0.5, 0.6) is 0 Å². The van der Waals surface area contributed by atoms with Gasteiger partial charge in [0.05, 0.1) is 5.69 Å². The lowest BCUT2D eigenvalue weighted by Crippen LogP contribution is -2.43. The van der Waals surface area contributed by atoms with E-state index in [2.05, 4.69) is 5.32 Å². The smallest absolute Gasteiger partial charge is 0.323 e. The molecule has 0 saturated heterocycles. The third-order valence-electron chi connectivity index (χ3n) is 2.08. The molecule has 2 rings (SSSR count). The quantitative estimate of drug-likeness (QED) is 0.540. The van der Waals surface area contributed by atoms with Crippen LogP contribution in [-0.2, 0) is 6.54 Å². The molecule has 0 radical (unpaired) electrons. The van der Waals surface area contributed by atoms with E-state index in [-0.39, 0.29) is 12.0 Å². The number of hydrogen-bond acceptors (Lipinski definition) is 1. The minimum atomic E-state index is -0.131. The topological polar surface area (TPSA) is 32.3 Å². The maximum Gasteiger partial charge on any atom is 0.323 e. The van der Waals surface area contributed by atoms with Crippen molar-refractivity contribution in [1.82, 2.24) is 5.32 Å². The first-order chi connectivity index (χ1) is 6.33. The number of rotatable bonds is 1. The first kappa shape index (κ1) is 8.38. The molecule has 0 bridgehead atoms. The van der Waals surface area contributed by atoms with Gasteiger partial charge in [-0.2, -0.15) is 0 Å². The molecule has 1 N–H and O–H groups in total. The third kappa shape index (κ3) is 1.35. The molecule has 68 valence electrons. The Bertz CT molecular complexity index is 340. The van der Waals surface area contributed by atoms with E-state index < -0.39 is 0 Å². The van der Waals surface area contributed by atoms with Crippen molar-refractivity contribution < 1.29 is 4.79 Å². The van der Waals surface area contributed by atoms with Crippen LogP contribution in [0.4, 0.5) is 10.5 Å². The standard InChI is InChI=1S/C9H9ClN2O/c10-6-12-8-4-2-1-3-7(8)5-11-9(12)13/h1-4H,5-6H2,(H,11,13). The summed E-state index contributed by atoms with van der Waals surface area (Å²) in [4.78, 5) is 12.8. The number of halogens is 1. The molecule has 0 aromatic heterocycles. The fourth-order valence-corrected chi connectivity index (χ4v) is 1.66. The molecule has 3 nitrogen and oxygen atoms in total. The summed E-state index contributed by atoms with van der Waals surface area (Å²) in [6, 6.07) is 7.78. The van der Waals surface area contributed by atoms with Gasteiger partial charge in [-0.1, -0.05) is 18.2 Å². The van der Waals surface area contributed by atoms with Gasteiger partial charge in [0.1, 0.15) is 6.00 Å². The molecule has 13 heavy (non-hydrogen) atoms. The van der Waals surface area contributed by atoms with E-state index in [1.807, 2.05) is 24.3 Å². The monoisotopic (exact) mass is 196 g/mol. The highest BCUT2D eigenvalue weighted by Crippen LogP contribution is 2.23. The highest BCUT2D eigenvalue weighted by Gasteiger charge is 2.21. The fraction of sp³-hybridized carbons (Fsp3) is 0.222. The van der Waals surface area contributed by atoms with Crippen LogP contribution in [0.1, 0.15) is 5.56 Å². The van der Waals surface area contributed by atoms with Crippen LogP contribution in [0.2, 0.25) is 0 Å². The number of carbonyl (C=O) groups excluding carboxylic acids is 1. The highest BCUT2D eigenvalue weighted by atomic mass is 35.5. The minimum absolute atomic E-state index is 0.131. The maximum absolute atomic E-state index is 11.3. The zero-order valence-corrected chi connectivity index (χ0v) is 7.71. The van der Waals surface area contributed by atoms with Crippen LogP contribution in [0.25, 0.3) is 0 Å². The highest BCUT2D eigenvalue weighted by molar-refractivity contribution is 6.21. The van der Waals surface area contributed by atoms with E-state index in [1.165, 1.54) is 4.90 Å². The molecule has 0 spiro atoms. The summed E-state index contributed by atoms with van der Waals surface area (Å²) in [5.74, 6) is 0. The lowest BCUT2D eigenvalue weighted by atomic mass is 10.1. The second-order valence-corrected chi connectivity index (χ2v) is 3.07. The molecule has 0 fully saturated rings. The average Bonchev–Trinajstić information content (AvgIpc) is 2.18. The summed E-state index contributed by atoms with van der Waals surface area (Å²) >= 11 is 5.67. The number of fused-ring (bicyclic) bond motifs is 1. The van der Waals surface area contributed by atoms with Crippen molar-refractivity contribution in [3.8, 4) is 0 Å². The summed E-state index contributed by atoms with van der Waals surface area (Å²) < 4.78 is 0. The number of nitrogens with one attached hydrogen (secondary N) is 1. The summed E-state index contributed by atoms with van der Waals surface area (Å²) in [7, 11) is 0. The molecule has 2 amide bonds. The van der Waals surface area contributed by atoms with Gasteiger partial charge in [0, 0.05) is 6.54 Å². The van der Waals surface area contributed by atoms with E-state index in [0.29, 0.717) is 6.54 Å². The Morgan fingerprint density at radius 1 is 1.46 bits per heavy atom. The number of benzene rings is 1. The van der Waals surface area contributed by atoms with Crippen LogP contribution < -0.4 is 10.2 Å². The van der Waals surface area contributed by atoms with Crippen LogP contribution in [0.3, 0.4) is 0 Å². The first-order valence-electron chi connectivity index (χ1n) is 4.02. The van der Waals surface area contributed by atoms with Crippen molar-refractivity contribution in [1.29, 1.82) is 0 Å². The van der Waals surface area contributed by atoms with Crippen molar-refractivity contribution in [3.05, 3.63) is 29.8 Å². The number of nitrogens with zero attached hydrogens (tertiary/aromatic N) is 1. The lowest BCUT2D eigenvalue weighted by Gasteiger charge is -2.27. The van der Waals surface area contributed by atoms with E-state index in [0.717, 1.165) is 11.3 Å². The van der Waals surface area contributed by atoms with Crippen molar-refractivity contribution in [3.63, 3.8) is 0 Å². The van der Waals surface area contributed by atoms with E-state index in [1.54, 1.807) is 0 Å². The number of para-hydroxylation sites is 1. The molecule has 0 atom stereocenters. The van der Waals surface area contributed by atoms with Crippen LogP contribution >= 0.6 is 11.6 Å². The lowest BCUT2D eigenvalue weighted by molar-refractivity contribution is 0.245. The molecule has 1 aliphatic rings. The van der Waals surface area contributed by atoms with Crippen LogP contribution in [0.15, 0.2) is 24.3 Å². The molecule has 1 aliphatic heterocycles. The van der Waals surface area contributed by atoms with Gasteiger partial charge in [0.2, 0.25) is 0 Å². The number of alkyl halides is 1. The Labute approximate surface area is 81.3 Å². The summed E-state index contributed by atoms with van der Waals surface area (Å²) in [5, 5.41) is 2.74. The van der Waals surface area contributed by atoms with Gasteiger partial charge in [0.15, 0.2) is 0 Å². The molecule has 0 unspecified atom stereocenters. The zero-order valence-electron chi connectivity index (χ0n) is 6.96. The molecule has 0 aliphatic carbocycles. The van der Waals surface area contributed by atoms with E-state index in [4.69, 9.17) is 11.6 Å². The Morgan fingerprint density at radius 3 is 3.00 bits per heavy atom. The largest absolute Gasteiger partial charge is 0.333 e. The molecule has 1 heterocycles. The number of carbonyl (C=O) groups is 1. The van der Waals surface area contributed by atoms with Crippen molar-refractivity contribution in [2.75, 3.05) is 10.9 Å². The fourth-order valence-electron chi connectivity index (χ4n) is 1.42. The normalized spacial score (nSPS) is 15.2. The summed E-state index contributed by atoms with van der Waals surface area (Å²) in [6.07, 6.45) is 0. The number of anilines is 1. The van der Waals surface area contributed by atoms with Gasteiger partial charge in [-0.25, -0.2) is 4.79 Å². The maximum atomic E-state index is 11.3. The molecular weight excluding hydrogens is 188 g/mol. The van der Waals surface area contributed by atoms with Crippen molar-refractivity contribution in [2.24, 2.45) is 0 Å². The SMILES string of the molecule is O=C1NCc2ccccc2N1CCl. The van der Waals surface area contributed by atoms with Gasteiger partial charge in [-0.15, -0.1) is 11.6 Å². The number of hydrogen-bond donors (Lipinski definition) is 1. The van der Waals surface area contributed by atoms with Gasteiger partial charge >= 0.3 is 6.03 Å². The first-order valence-corrected chi connectivity index (χ1v) is 4.55. The summed E-state index contributed by atoms with van der Waals surface area (Å²) in [6.45, 7) is 0.586. The van der Waals surface area contributed by atoms with Gasteiger partial charge in [0.25, 0.3) is 0 Å². The van der Waals surface area contributed by atoms with Gasteiger partial charge in [-0.05, 0) is 11.6 Å². The Kier molecular flexibility index (Phi) is 2.10. The molecular formula is C9H9ClN2O. The third-order valence-corrected chi connectivity index (χ3v) is 2.32. The second-order valence-electron chi connectivity index (χ2n) is 2.83. The average molecular weight is 197 g/mol. The molecule has 4 heteroatoms. The minimum Gasteiger partial charge on any atom is -0.333 e. The molecule has 0 saturated carbocycles. The summed E-state index contributed by atoms with van der Waals surface area (Å²) in [5.41, 5.74) is 2.00. The zero-order chi connectivity index (χ0) is 9.26.